The lowest BCUT2D eigenvalue weighted by molar-refractivity contribution is 0.428. The molecule has 0 bridgehead atoms. The van der Waals surface area contributed by atoms with Crippen LogP contribution >= 0.6 is 11.9 Å². The van der Waals surface area contributed by atoms with Gasteiger partial charge in [-0.1, -0.05) is 36.4 Å². The van der Waals surface area contributed by atoms with Crippen LogP contribution in [-0.2, 0) is 0 Å². The number of anilines is 1. The minimum absolute atomic E-state index is 0.294. The maximum Gasteiger partial charge on any atom is 0.147 e. The molecule has 6 nitrogen and oxygen atoms in total. The van der Waals surface area contributed by atoms with Gasteiger partial charge in [0.15, 0.2) is 0 Å². The smallest absolute Gasteiger partial charge is 0.147 e. The average Bonchev–Trinajstić information content (AvgIpc) is 2.95. The highest BCUT2D eigenvalue weighted by Crippen LogP contribution is 2.29. The van der Waals surface area contributed by atoms with Crippen molar-refractivity contribution in [3.8, 4) is 28.0 Å². The monoisotopic (exact) mass is 491 g/mol. The Kier molecular flexibility index (Phi) is 6.24. The van der Waals surface area contributed by atoms with E-state index in [0.29, 0.717) is 5.75 Å². The Morgan fingerprint density at radius 2 is 1.42 bits per heavy atom. The maximum atomic E-state index is 9.49. The summed E-state index contributed by atoms with van der Waals surface area (Å²) < 4.78 is 2.35. The second kappa shape index (κ2) is 9.97. The summed E-state index contributed by atoms with van der Waals surface area (Å²) in [6.07, 6.45) is 5.68. The van der Waals surface area contributed by atoms with Crippen LogP contribution in [0.3, 0.4) is 0 Å². The molecule has 5 aromatic rings. The molecule has 0 radical (unpaired) electrons. The molecule has 0 atom stereocenters. The lowest BCUT2D eigenvalue weighted by Gasteiger charge is -2.34. The van der Waals surface area contributed by atoms with Gasteiger partial charge in [0, 0.05) is 54.6 Å². The van der Waals surface area contributed by atoms with Crippen molar-refractivity contribution >= 4 is 28.8 Å². The van der Waals surface area contributed by atoms with Crippen LogP contribution in [0.2, 0.25) is 0 Å². The van der Waals surface area contributed by atoms with Crippen LogP contribution in [0.25, 0.3) is 33.3 Å². The number of piperazine rings is 1. The molecule has 3 heterocycles. The lowest BCUT2D eigenvalue weighted by atomic mass is 10.0. The van der Waals surface area contributed by atoms with Gasteiger partial charge in [-0.15, -0.1) is 0 Å². The van der Waals surface area contributed by atoms with Crippen molar-refractivity contribution < 1.29 is 5.11 Å². The Morgan fingerprint density at radius 3 is 2.19 bits per heavy atom. The standard InChI is InChI=1S/C29H25N5OS/c35-25-7-9-26(10-8-25)36-34-14-12-33(13-15-34)29-20-31-27-11-6-22(17-28(27)32-29)24-16-23(18-30-19-24)21-4-2-1-3-5-21/h1-11,16-20,35H,12-15H2. The van der Waals surface area contributed by atoms with Gasteiger partial charge in [0.25, 0.3) is 0 Å². The van der Waals surface area contributed by atoms with E-state index >= 15 is 0 Å². The van der Waals surface area contributed by atoms with Crippen LogP contribution in [0.1, 0.15) is 0 Å². The first-order valence-electron chi connectivity index (χ1n) is 12.0. The van der Waals surface area contributed by atoms with Gasteiger partial charge in [-0.05, 0) is 65.5 Å². The molecule has 36 heavy (non-hydrogen) atoms. The minimum atomic E-state index is 0.294. The van der Waals surface area contributed by atoms with Crippen LogP contribution in [0.5, 0.6) is 5.75 Å². The van der Waals surface area contributed by atoms with E-state index in [9.17, 15) is 5.11 Å². The van der Waals surface area contributed by atoms with E-state index in [0.717, 1.165) is 70.2 Å². The van der Waals surface area contributed by atoms with E-state index in [1.807, 2.05) is 55.0 Å². The minimum Gasteiger partial charge on any atom is -0.508 e. The van der Waals surface area contributed by atoms with E-state index in [1.165, 1.54) is 0 Å². The van der Waals surface area contributed by atoms with Crippen LogP contribution in [0.4, 0.5) is 5.82 Å². The van der Waals surface area contributed by atoms with E-state index in [4.69, 9.17) is 4.98 Å². The molecule has 0 spiro atoms. The number of aromatic hydroxyl groups is 1. The number of rotatable bonds is 5. The lowest BCUT2D eigenvalue weighted by Crippen LogP contribution is -2.43. The van der Waals surface area contributed by atoms with Gasteiger partial charge in [0.2, 0.25) is 0 Å². The average molecular weight is 492 g/mol. The topological polar surface area (TPSA) is 65.4 Å². The highest BCUT2D eigenvalue weighted by Gasteiger charge is 2.19. The van der Waals surface area contributed by atoms with Gasteiger partial charge in [0.1, 0.15) is 11.6 Å². The molecule has 1 aliphatic heterocycles. The molecule has 7 heteroatoms. The zero-order valence-corrected chi connectivity index (χ0v) is 20.5. The van der Waals surface area contributed by atoms with Crippen LogP contribution in [-0.4, -0.2) is 50.5 Å². The van der Waals surface area contributed by atoms with E-state index in [1.54, 1.807) is 24.1 Å². The molecule has 1 saturated heterocycles. The van der Waals surface area contributed by atoms with E-state index in [2.05, 4.69) is 49.5 Å². The van der Waals surface area contributed by atoms with Gasteiger partial charge in [-0.3, -0.25) is 9.97 Å². The number of aromatic nitrogens is 3. The van der Waals surface area contributed by atoms with Crippen LogP contribution in [0, 0.1) is 0 Å². The summed E-state index contributed by atoms with van der Waals surface area (Å²) in [6, 6.07) is 26.1. The fourth-order valence-electron chi connectivity index (χ4n) is 4.38. The summed E-state index contributed by atoms with van der Waals surface area (Å²) in [7, 11) is 0. The summed E-state index contributed by atoms with van der Waals surface area (Å²) in [5.74, 6) is 1.20. The third kappa shape index (κ3) is 4.89. The molecule has 1 N–H and O–H groups in total. The zero-order chi connectivity index (χ0) is 24.3. The fourth-order valence-corrected chi connectivity index (χ4v) is 5.29. The summed E-state index contributed by atoms with van der Waals surface area (Å²) >= 11 is 1.73. The summed E-state index contributed by atoms with van der Waals surface area (Å²) in [5.41, 5.74) is 6.15. The van der Waals surface area contributed by atoms with Crippen molar-refractivity contribution in [2.75, 3.05) is 31.1 Å². The van der Waals surface area contributed by atoms with Crippen molar-refractivity contribution in [2.45, 2.75) is 4.90 Å². The molecule has 178 valence electrons. The SMILES string of the molecule is Oc1ccc(SN2CCN(c3cnc4ccc(-c5cncc(-c6ccccc6)c5)cc4n3)CC2)cc1. The Morgan fingerprint density at radius 1 is 0.667 bits per heavy atom. The van der Waals surface area contributed by atoms with Gasteiger partial charge in [0.05, 0.1) is 17.2 Å². The maximum absolute atomic E-state index is 9.49. The highest BCUT2D eigenvalue weighted by atomic mass is 32.2. The number of phenolic OH excluding ortho intramolecular Hbond substituents is 1. The van der Waals surface area contributed by atoms with Gasteiger partial charge < -0.3 is 10.0 Å². The number of nitrogens with zero attached hydrogens (tertiary/aromatic N) is 5. The number of fused-ring (bicyclic) bond motifs is 1. The Bertz CT molecular complexity index is 1490. The molecule has 0 saturated carbocycles. The number of phenols is 1. The molecule has 6 rings (SSSR count). The summed E-state index contributed by atoms with van der Waals surface area (Å²) in [5, 5.41) is 9.49. The Hall–Kier alpha value is -3.94. The largest absolute Gasteiger partial charge is 0.508 e. The molecule has 1 fully saturated rings. The number of pyridine rings is 1. The molecule has 0 aliphatic carbocycles. The highest BCUT2D eigenvalue weighted by molar-refractivity contribution is 7.97. The zero-order valence-electron chi connectivity index (χ0n) is 19.7. The molecule has 2 aromatic heterocycles. The molecular weight excluding hydrogens is 466 g/mol. The summed E-state index contributed by atoms with van der Waals surface area (Å²) in [4.78, 5) is 17.6. The van der Waals surface area contributed by atoms with Crippen molar-refractivity contribution in [1.82, 2.24) is 19.3 Å². The Labute approximate surface area is 214 Å². The van der Waals surface area contributed by atoms with Crippen molar-refractivity contribution in [2.24, 2.45) is 0 Å². The molecule has 0 amide bonds. The second-order valence-corrected chi connectivity index (χ2v) is 9.93. The number of hydrogen-bond acceptors (Lipinski definition) is 7. The molecule has 3 aromatic carbocycles. The molecule has 0 unspecified atom stereocenters. The van der Waals surface area contributed by atoms with Gasteiger partial charge >= 0.3 is 0 Å². The van der Waals surface area contributed by atoms with Crippen molar-refractivity contribution in [1.29, 1.82) is 0 Å². The van der Waals surface area contributed by atoms with Crippen molar-refractivity contribution in [3.05, 3.63) is 97.5 Å². The van der Waals surface area contributed by atoms with Crippen LogP contribution in [0.15, 0.2) is 102 Å². The van der Waals surface area contributed by atoms with E-state index < -0.39 is 0 Å². The van der Waals surface area contributed by atoms with Gasteiger partial charge in [-0.25, -0.2) is 9.29 Å². The second-order valence-electron chi connectivity index (χ2n) is 8.76. The first-order valence-corrected chi connectivity index (χ1v) is 12.7. The normalized spacial score (nSPS) is 14.3. The first kappa shape index (κ1) is 22.5. The first-order chi connectivity index (χ1) is 17.7. The van der Waals surface area contributed by atoms with E-state index in [-0.39, 0.29) is 0 Å². The quantitative estimate of drug-likeness (QED) is 0.307. The van der Waals surface area contributed by atoms with Crippen molar-refractivity contribution in [3.63, 3.8) is 0 Å². The summed E-state index contributed by atoms with van der Waals surface area (Å²) in [6.45, 7) is 3.61. The number of benzene rings is 3. The Balaban J connectivity index is 1.19. The predicted molar refractivity (Wildman–Crippen MR) is 146 cm³/mol. The number of hydrogen-bond donors (Lipinski definition) is 1. The molecular formula is C29H25N5OS. The predicted octanol–water partition coefficient (Wildman–Crippen LogP) is 5.89. The third-order valence-corrected chi connectivity index (χ3v) is 7.45. The third-order valence-electron chi connectivity index (χ3n) is 6.34. The molecule has 1 aliphatic rings. The fraction of sp³-hybridized carbons (Fsp3) is 0.138. The van der Waals surface area contributed by atoms with Gasteiger partial charge in [-0.2, -0.15) is 0 Å². The van der Waals surface area contributed by atoms with Crippen LogP contribution < -0.4 is 4.90 Å².